The molecular formula is C24H32N4O3. The molecule has 3 N–H and O–H groups in total. The summed E-state index contributed by atoms with van der Waals surface area (Å²) < 4.78 is 0. The molecule has 166 valence electrons. The maximum atomic E-state index is 12.7. The van der Waals surface area contributed by atoms with Crippen molar-refractivity contribution in [2.45, 2.75) is 32.8 Å². The number of carbonyl (C=O) groups is 2. The fourth-order valence-corrected chi connectivity index (χ4v) is 5.04. The van der Waals surface area contributed by atoms with E-state index in [1.807, 2.05) is 38.1 Å². The zero-order valence-corrected chi connectivity index (χ0v) is 18.3. The molecule has 1 saturated heterocycles. The lowest BCUT2D eigenvalue weighted by molar-refractivity contribution is -0.140. The number of nitrogens with zero attached hydrogens (tertiary/aromatic N) is 2. The van der Waals surface area contributed by atoms with Gasteiger partial charge in [-0.05, 0) is 44.1 Å². The van der Waals surface area contributed by atoms with Crippen molar-refractivity contribution < 1.29 is 14.7 Å². The number of rotatable bonds is 8. The van der Waals surface area contributed by atoms with Crippen LogP contribution in [-0.2, 0) is 9.59 Å². The van der Waals surface area contributed by atoms with Crippen LogP contribution in [-0.4, -0.2) is 54.0 Å². The van der Waals surface area contributed by atoms with Crippen molar-refractivity contribution in [2.24, 2.45) is 28.7 Å². The number of aliphatic hydroxyl groups excluding tert-OH is 1. The highest BCUT2D eigenvalue weighted by Gasteiger charge is 2.58. The number of nitrogens with one attached hydrogen (secondary N) is 2. The molecule has 1 aromatic rings. The van der Waals surface area contributed by atoms with E-state index in [1.165, 1.54) is 4.90 Å². The van der Waals surface area contributed by atoms with Crippen LogP contribution in [0.2, 0.25) is 0 Å². The molecule has 0 radical (unpaired) electrons. The number of carbonyl (C=O) groups excluding carboxylic acids is 2. The Kier molecular flexibility index (Phi) is 6.41. The summed E-state index contributed by atoms with van der Waals surface area (Å²) in [6.45, 7) is 5.97. The van der Waals surface area contributed by atoms with Gasteiger partial charge in [-0.1, -0.05) is 42.0 Å². The molecule has 31 heavy (non-hydrogen) atoms. The number of imide groups is 1. The SMILES string of the molecule is CCNC(=NCC(O)c1ccc(C)cc1)NCCCN1C(=O)C2C3C=CC(C3)C2C1=O. The zero-order valence-electron chi connectivity index (χ0n) is 18.3. The first-order valence-corrected chi connectivity index (χ1v) is 11.3. The minimum atomic E-state index is -0.667. The number of fused-ring (bicyclic) bond motifs is 5. The van der Waals surface area contributed by atoms with Gasteiger partial charge in [0.2, 0.25) is 11.8 Å². The number of hydrogen-bond donors (Lipinski definition) is 3. The molecule has 1 saturated carbocycles. The average molecular weight is 425 g/mol. The standard InChI is InChI=1S/C24H32N4O3/c1-3-25-24(27-14-19(29)16-7-5-15(2)6-8-16)26-11-4-12-28-22(30)20-17-9-10-18(13-17)21(20)23(28)31/h5-10,17-21,29H,3-4,11-14H2,1-2H3,(H2,25,26,27). The van der Waals surface area contributed by atoms with Crippen molar-refractivity contribution in [1.82, 2.24) is 15.5 Å². The van der Waals surface area contributed by atoms with Crippen LogP contribution >= 0.6 is 0 Å². The second kappa shape index (κ2) is 9.22. The topological polar surface area (TPSA) is 94.0 Å². The summed E-state index contributed by atoms with van der Waals surface area (Å²) in [6, 6.07) is 7.78. The predicted octanol–water partition coefficient (Wildman–Crippen LogP) is 1.78. The lowest BCUT2D eigenvalue weighted by atomic mass is 9.85. The van der Waals surface area contributed by atoms with Gasteiger partial charge in [0.05, 0.1) is 24.5 Å². The Balaban J connectivity index is 1.25. The first kappa shape index (κ1) is 21.6. The number of likely N-dealkylation sites (tertiary alicyclic amines) is 1. The maximum absolute atomic E-state index is 12.7. The predicted molar refractivity (Wildman–Crippen MR) is 119 cm³/mol. The molecule has 4 rings (SSSR count). The van der Waals surface area contributed by atoms with E-state index in [2.05, 4.69) is 27.8 Å². The number of amides is 2. The Morgan fingerprint density at radius 1 is 1.13 bits per heavy atom. The minimum absolute atomic E-state index is 0.00800. The van der Waals surface area contributed by atoms with E-state index in [4.69, 9.17) is 0 Å². The molecule has 1 aliphatic heterocycles. The Labute approximate surface area is 183 Å². The summed E-state index contributed by atoms with van der Waals surface area (Å²) in [7, 11) is 0. The van der Waals surface area contributed by atoms with E-state index in [0.717, 1.165) is 17.5 Å². The van der Waals surface area contributed by atoms with Gasteiger partial charge in [-0.3, -0.25) is 19.5 Å². The molecule has 7 nitrogen and oxygen atoms in total. The van der Waals surface area contributed by atoms with Crippen LogP contribution in [0.3, 0.4) is 0 Å². The number of hydrogen-bond acceptors (Lipinski definition) is 4. The first-order chi connectivity index (χ1) is 15.0. The third-order valence-electron chi connectivity index (χ3n) is 6.64. The lowest BCUT2D eigenvalue weighted by Crippen LogP contribution is -2.40. The molecule has 5 atom stereocenters. The Hall–Kier alpha value is -2.67. The highest BCUT2D eigenvalue weighted by Crippen LogP contribution is 2.52. The van der Waals surface area contributed by atoms with Crippen LogP contribution in [0.4, 0.5) is 0 Å². The summed E-state index contributed by atoms with van der Waals surface area (Å²) in [5.41, 5.74) is 1.99. The highest BCUT2D eigenvalue weighted by molar-refractivity contribution is 6.06. The number of aliphatic imine (C=N–C) groups is 1. The molecule has 1 aromatic carbocycles. The number of aryl methyl sites for hydroxylation is 1. The summed E-state index contributed by atoms with van der Waals surface area (Å²) in [5, 5.41) is 16.8. The molecule has 2 fully saturated rings. The molecule has 5 unspecified atom stereocenters. The van der Waals surface area contributed by atoms with Crippen LogP contribution in [0.25, 0.3) is 0 Å². The van der Waals surface area contributed by atoms with Crippen molar-refractivity contribution in [1.29, 1.82) is 0 Å². The second-order valence-corrected chi connectivity index (χ2v) is 8.75. The molecule has 2 bridgehead atoms. The molecule has 2 amide bonds. The van der Waals surface area contributed by atoms with Crippen molar-refractivity contribution in [2.75, 3.05) is 26.2 Å². The lowest BCUT2D eigenvalue weighted by Gasteiger charge is -2.18. The molecule has 1 heterocycles. The summed E-state index contributed by atoms with van der Waals surface area (Å²) in [4.78, 5) is 31.4. The van der Waals surface area contributed by atoms with Crippen molar-refractivity contribution in [3.05, 3.63) is 47.5 Å². The van der Waals surface area contributed by atoms with Crippen molar-refractivity contribution >= 4 is 17.8 Å². The van der Waals surface area contributed by atoms with Crippen LogP contribution < -0.4 is 10.6 Å². The van der Waals surface area contributed by atoms with Gasteiger partial charge in [-0.15, -0.1) is 0 Å². The number of aliphatic hydroxyl groups is 1. The smallest absolute Gasteiger partial charge is 0.233 e. The number of allylic oxidation sites excluding steroid dienone is 2. The van der Waals surface area contributed by atoms with Gasteiger partial charge < -0.3 is 15.7 Å². The molecule has 0 spiro atoms. The normalized spacial score (nSPS) is 27.7. The van der Waals surface area contributed by atoms with E-state index in [0.29, 0.717) is 32.0 Å². The molecule has 3 aliphatic rings. The van der Waals surface area contributed by atoms with E-state index in [-0.39, 0.29) is 42.0 Å². The van der Waals surface area contributed by atoms with Crippen LogP contribution in [0.5, 0.6) is 0 Å². The summed E-state index contributed by atoms with van der Waals surface area (Å²) in [5.74, 6) is 0.883. The van der Waals surface area contributed by atoms with Gasteiger partial charge in [0.1, 0.15) is 0 Å². The third kappa shape index (κ3) is 4.37. The van der Waals surface area contributed by atoms with Gasteiger partial charge in [0.25, 0.3) is 0 Å². The Morgan fingerprint density at radius 2 is 1.77 bits per heavy atom. The third-order valence-corrected chi connectivity index (χ3v) is 6.64. The molecule has 0 aromatic heterocycles. The second-order valence-electron chi connectivity index (χ2n) is 8.75. The maximum Gasteiger partial charge on any atom is 0.233 e. The molecule has 2 aliphatic carbocycles. The van der Waals surface area contributed by atoms with Crippen molar-refractivity contribution in [3.8, 4) is 0 Å². The van der Waals surface area contributed by atoms with Crippen molar-refractivity contribution in [3.63, 3.8) is 0 Å². The average Bonchev–Trinajstić information content (AvgIpc) is 3.44. The molecule has 7 heteroatoms. The minimum Gasteiger partial charge on any atom is -0.386 e. The van der Waals surface area contributed by atoms with Crippen LogP contribution in [0.1, 0.15) is 37.0 Å². The monoisotopic (exact) mass is 424 g/mol. The number of benzene rings is 1. The molecular weight excluding hydrogens is 392 g/mol. The first-order valence-electron chi connectivity index (χ1n) is 11.3. The quantitative estimate of drug-likeness (QED) is 0.194. The fourth-order valence-electron chi connectivity index (χ4n) is 5.04. The van der Waals surface area contributed by atoms with E-state index >= 15 is 0 Å². The van der Waals surface area contributed by atoms with E-state index in [1.54, 1.807) is 0 Å². The summed E-state index contributed by atoms with van der Waals surface area (Å²) >= 11 is 0. The van der Waals surface area contributed by atoms with Gasteiger partial charge in [-0.2, -0.15) is 0 Å². The largest absolute Gasteiger partial charge is 0.386 e. The van der Waals surface area contributed by atoms with Crippen LogP contribution in [0, 0.1) is 30.6 Å². The van der Waals surface area contributed by atoms with Crippen LogP contribution in [0.15, 0.2) is 41.4 Å². The fraction of sp³-hybridized carbons (Fsp3) is 0.542. The number of guanidine groups is 1. The van der Waals surface area contributed by atoms with Gasteiger partial charge >= 0.3 is 0 Å². The van der Waals surface area contributed by atoms with E-state index in [9.17, 15) is 14.7 Å². The Bertz CT molecular complexity index is 849. The van der Waals surface area contributed by atoms with Gasteiger partial charge in [0, 0.05) is 19.6 Å². The van der Waals surface area contributed by atoms with Gasteiger partial charge in [0.15, 0.2) is 5.96 Å². The van der Waals surface area contributed by atoms with E-state index < -0.39 is 6.10 Å². The Morgan fingerprint density at radius 3 is 2.39 bits per heavy atom. The highest BCUT2D eigenvalue weighted by atomic mass is 16.3. The summed E-state index contributed by atoms with van der Waals surface area (Å²) in [6.07, 6.45) is 5.18. The van der Waals surface area contributed by atoms with Gasteiger partial charge in [-0.25, -0.2) is 0 Å². The zero-order chi connectivity index (χ0) is 22.0.